The lowest BCUT2D eigenvalue weighted by atomic mass is 10.1. The third-order valence-corrected chi connectivity index (χ3v) is 3.73. The predicted molar refractivity (Wildman–Crippen MR) is 103 cm³/mol. The highest BCUT2D eigenvalue weighted by atomic mass is 16.2. The summed E-state index contributed by atoms with van der Waals surface area (Å²) in [7, 11) is 0. The van der Waals surface area contributed by atoms with Crippen LogP contribution in [0.25, 0.3) is 10.8 Å². The molecule has 0 saturated heterocycles. The molecule has 2 rings (SSSR count). The molecule has 0 aliphatic rings. The standard InChI is InChI=1S/C20H27N3O2/c1-5-23(14-19(25)22-20(2,3)4)13-18(24)21-17-11-10-15-8-6-7-9-16(15)12-17/h6-12H,5,13-14H2,1-4H3,(H,21,24)(H,22,25). The molecule has 2 aromatic carbocycles. The van der Waals surface area contributed by atoms with Gasteiger partial charge in [-0.15, -0.1) is 0 Å². The highest BCUT2D eigenvalue weighted by Gasteiger charge is 2.17. The van der Waals surface area contributed by atoms with E-state index in [4.69, 9.17) is 0 Å². The fourth-order valence-electron chi connectivity index (χ4n) is 2.61. The number of rotatable bonds is 6. The third-order valence-electron chi connectivity index (χ3n) is 3.73. The van der Waals surface area contributed by atoms with Crippen LogP contribution in [0.5, 0.6) is 0 Å². The fraction of sp³-hybridized carbons (Fsp3) is 0.400. The minimum Gasteiger partial charge on any atom is -0.350 e. The van der Waals surface area contributed by atoms with Crippen molar-refractivity contribution in [3.8, 4) is 0 Å². The molecule has 0 spiro atoms. The van der Waals surface area contributed by atoms with Crippen LogP contribution in [-0.2, 0) is 9.59 Å². The zero-order valence-corrected chi connectivity index (χ0v) is 15.4. The highest BCUT2D eigenvalue weighted by molar-refractivity contribution is 5.95. The number of carbonyl (C=O) groups excluding carboxylic acids is 2. The number of fused-ring (bicyclic) bond motifs is 1. The molecule has 25 heavy (non-hydrogen) atoms. The van der Waals surface area contributed by atoms with Gasteiger partial charge in [0.2, 0.25) is 11.8 Å². The van der Waals surface area contributed by atoms with Crippen LogP contribution in [0.4, 0.5) is 5.69 Å². The van der Waals surface area contributed by atoms with Crippen molar-refractivity contribution in [2.75, 3.05) is 25.0 Å². The zero-order chi connectivity index (χ0) is 18.4. The van der Waals surface area contributed by atoms with Gasteiger partial charge in [0.1, 0.15) is 0 Å². The van der Waals surface area contributed by atoms with E-state index in [9.17, 15) is 9.59 Å². The Labute approximate surface area is 149 Å². The van der Waals surface area contributed by atoms with Crippen molar-refractivity contribution in [2.24, 2.45) is 0 Å². The van der Waals surface area contributed by atoms with Crippen LogP contribution in [0.3, 0.4) is 0 Å². The van der Waals surface area contributed by atoms with Gasteiger partial charge in [0.25, 0.3) is 0 Å². The van der Waals surface area contributed by atoms with Gasteiger partial charge in [0.15, 0.2) is 0 Å². The van der Waals surface area contributed by atoms with Crippen LogP contribution >= 0.6 is 0 Å². The molecule has 134 valence electrons. The molecule has 0 unspecified atom stereocenters. The third kappa shape index (κ3) is 6.19. The van der Waals surface area contributed by atoms with Crippen molar-refractivity contribution >= 4 is 28.3 Å². The molecule has 0 aliphatic heterocycles. The second-order valence-electron chi connectivity index (χ2n) is 7.21. The average Bonchev–Trinajstić information content (AvgIpc) is 2.52. The Hall–Kier alpha value is -2.40. The van der Waals surface area contributed by atoms with Crippen molar-refractivity contribution in [2.45, 2.75) is 33.2 Å². The van der Waals surface area contributed by atoms with E-state index in [0.29, 0.717) is 6.54 Å². The Bertz CT molecular complexity index is 750. The van der Waals surface area contributed by atoms with Crippen LogP contribution in [0, 0.1) is 0 Å². The van der Waals surface area contributed by atoms with Crippen molar-refractivity contribution in [3.63, 3.8) is 0 Å². The fourth-order valence-corrected chi connectivity index (χ4v) is 2.61. The van der Waals surface area contributed by atoms with Gasteiger partial charge >= 0.3 is 0 Å². The summed E-state index contributed by atoms with van der Waals surface area (Å²) >= 11 is 0. The lowest BCUT2D eigenvalue weighted by Crippen LogP contribution is -2.47. The lowest BCUT2D eigenvalue weighted by molar-refractivity contribution is -0.124. The number of likely N-dealkylation sites (N-methyl/N-ethyl adjacent to an activating group) is 1. The van der Waals surface area contributed by atoms with Gasteiger partial charge in [-0.1, -0.05) is 37.3 Å². The first-order chi connectivity index (χ1) is 11.8. The summed E-state index contributed by atoms with van der Waals surface area (Å²) in [6, 6.07) is 13.8. The molecule has 0 fully saturated rings. The van der Waals surface area contributed by atoms with Crippen LogP contribution in [0.15, 0.2) is 42.5 Å². The number of nitrogens with zero attached hydrogens (tertiary/aromatic N) is 1. The van der Waals surface area contributed by atoms with Gasteiger partial charge in [-0.25, -0.2) is 0 Å². The summed E-state index contributed by atoms with van der Waals surface area (Å²) in [5.74, 6) is -0.200. The van der Waals surface area contributed by atoms with Gasteiger partial charge in [-0.2, -0.15) is 0 Å². The minimum atomic E-state index is -0.274. The van der Waals surface area contributed by atoms with E-state index in [1.54, 1.807) is 0 Å². The topological polar surface area (TPSA) is 61.4 Å². The molecule has 0 saturated carbocycles. The molecule has 5 nitrogen and oxygen atoms in total. The van der Waals surface area contributed by atoms with E-state index in [0.717, 1.165) is 16.5 Å². The number of carbonyl (C=O) groups is 2. The molecule has 0 radical (unpaired) electrons. The van der Waals surface area contributed by atoms with Crippen molar-refractivity contribution in [3.05, 3.63) is 42.5 Å². The number of hydrogen-bond donors (Lipinski definition) is 2. The molecule has 0 atom stereocenters. The Morgan fingerprint density at radius 1 is 0.960 bits per heavy atom. The summed E-state index contributed by atoms with van der Waals surface area (Å²) in [6.45, 7) is 8.77. The summed E-state index contributed by atoms with van der Waals surface area (Å²) in [4.78, 5) is 26.1. The van der Waals surface area contributed by atoms with Gasteiger partial charge < -0.3 is 10.6 Å². The van der Waals surface area contributed by atoms with E-state index in [1.807, 2.05) is 75.1 Å². The monoisotopic (exact) mass is 341 g/mol. The summed E-state index contributed by atoms with van der Waals surface area (Å²) < 4.78 is 0. The second-order valence-corrected chi connectivity index (χ2v) is 7.21. The number of anilines is 1. The normalized spacial score (nSPS) is 11.6. The Kier molecular flexibility index (Phi) is 6.15. The predicted octanol–water partition coefficient (Wildman–Crippen LogP) is 3.01. The van der Waals surface area contributed by atoms with Gasteiger partial charge in [-0.3, -0.25) is 14.5 Å². The maximum Gasteiger partial charge on any atom is 0.238 e. The molecule has 2 N–H and O–H groups in total. The van der Waals surface area contributed by atoms with E-state index in [1.165, 1.54) is 0 Å². The molecule has 0 bridgehead atoms. The van der Waals surface area contributed by atoms with Crippen molar-refractivity contribution in [1.82, 2.24) is 10.2 Å². The summed E-state index contributed by atoms with van der Waals surface area (Å²) in [6.07, 6.45) is 0. The van der Waals surface area contributed by atoms with Crippen molar-refractivity contribution < 1.29 is 9.59 Å². The first-order valence-corrected chi connectivity index (χ1v) is 8.59. The SMILES string of the molecule is CCN(CC(=O)Nc1ccc2ccccc2c1)CC(=O)NC(C)(C)C. The molecule has 0 heterocycles. The van der Waals surface area contributed by atoms with Crippen LogP contribution in [0.1, 0.15) is 27.7 Å². The molecule has 2 amide bonds. The van der Waals surface area contributed by atoms with E-state index in [2.05, 4.69) is 10.6 Å². The first kappa shape index (κ1) is 18.9. The molecular formula is C20H27N3O2. The molecular weight excluding hydrogens is 314 g/mol. The van der Waals surface area contributed by atoms with Crippen LogP contribution in [-0.4, -0.2) is 41.9 Å². The molecule has 2 aromatic rings. The van der Waals surface area contributed by atoms with Gasteiger partial charge in [0.05, 0.1) is 13.1 Å². The van der Waals surface area contributed by atoms with E-state index >= 15 is 0 Å². The Morgan fingerprint density at radius 3 is 2.24 bits per heavy atom. The molecule has 0 aliphatic carbocycles. The van der Waals surface area contributed by atoms with E-state index < -0.39 is 0 Å². The smallest absolute Gasteiger partial charge is 0.238 e. The van der Waals surface area contributed by atoms with E-state index in [-0.39, 0.29) is 30.4 Å². The highest BCUT2D eigenvalue weighted by Crippen LogP contribution is 2.18. The zero-order valence-electron chi connectivity index (χ0n) is 15.4. The second kappa shape index (κ2) is 8.12. The maximum absolute atomic E-state index is 12.3. The Balaban J connectivity index is 1.93. The quantitative estimate of drug-likeness (QED) is 0.849. The number of nitrogens with one attached hydrogen (secondary N) is 2. The van der Waals surface area contributed by atoms with Crippen molar-refractivity contribution in [1.29, 1.82) is 0 Å². The maximum atomic E-state index is 12.3. The van der Waals surface area contributed by atoms with Gasteiger partial charge in [0, 0.05) is 11.2 Å². The summed E-state index contributed by atoms with van der Waals surface area (Å²) in [5.41, 5.74) is 0.489. The lowest BCUT2D eigenvalue weighted by Gasteiger charge is -2.24. The van der Waals surface area contributed by atoms with Crippen LogP contribution in [0.2, 0.25) is 0 Å². The average molecular weight is 341 g/mol. The first-order valence-electron chi connectivity index (χ1n) is 8.59. The molecule has 5 heteroatoms. The Morgan fingerprint density at radius 2 is 1.60 bits per heavy atom. The number of amides is 2. The molecule has 0 aromatic heterocycles. The van der Waals surface area contributed by atoms with Crippen LogP contribution < -0.4 is 10.6 Å². The number of benzene rings is 2. The summed E-state index contributed by atoms with van der Waals surface area (Å²) in [5, 5.41) is 8.04. The largest absolute Gasteiger partial charge is 0.350 e. The van der Waals surface area contributed by atoms with Gasteiger partial charge in [-0.05, 0) is 50.2 Å². The number of hydrogen-bond acceptors (Lipinski definition) is 3. The minimum absolute atomic E-state index is 0.0761.